The molecule has 0 atom stereocenters. The average molecular weight is 337 g/mol. The van der Waals surface area contributed by atoms with Crippen molar-refractivity contribution in [2.24, 2.45) is 0 Å². The fraction of sp³-hybridized carbons (Fsp3) is 0.211. The largest absolute Gasteiger partial charge is 0.468 e. The Bertz CT molecular complexity index is 951. The van der Waals surface area contributed by atoms with Crippen LogP contribution >= 0.6 is 0 Å². The summed E-state index contributed by atoms with van der Waals surface area (Å²) in [4.78, 5) is 30.6. The molecule has 1 aromatic carbocycles. The van der Waals surface area contributed by atoms with Gasteiger partial charge in [-0.1, -0.05) is 36.4 Å². The number of anilines is 1. The van der Waals surface area contributed by atoms with Crippen LogP contribution in [0, 0.1) is 6.92 Å². The van der Waals surface area contributed by atoms with Crippen LogP contribution < -0.4 is 10.5 Å². The molecular formula is C19H19N3O3. The first-order valence-electron chi connectivity index (χ1n) is 7.93. The van der Waals surface area contributed by atoms with Gasteiger partial charge >= 0.3 is 5.97 Å². The lowest BCUT2D eigenvalue weighted by molar-refractivity contribution is -0.139. The number of benzene rings is 1. The minimum absolute atomic E-state index is 0.0138. The second kappa shape index (κ2) is 7.17. The summed E-state index contributed by atoms with van der Waals surface area (Å²) in [7, 11) is 1.34. The molecule has 0 saturated carbocycles. The number of esters is 1. The molecule has 0 aliphatic rings. The second-order valence-electron chi connectivity index (χ2n) is 5.76. The van der Waals surface area contributed by atoms with E-state index in [1.807, 2.05) is 43.3 Å². The number of carbonyl (C=O) groups is 1. The highest BCUT2D eigenvalue weighted by molar-refractivity contribution is 5.75. The Morgan fingerprint density at radius 1 is 1.20 bits per heavy atom. The van der Waals surface area contributed by atoms with E-state index in [9.17, 15) is 9.59 Å². The number of nitrogens with zero attached hydrogens (tertiary/aromatic N) is 3. The molecule has 0 unspecified atom stereocenters. The Balaban J connectivity index is 2.05. The van der Waals surface area contributed by atoms with E-state index in [1.54, 1.807) is 17.2 Å². The zero-order valence-electron chi connectivity index (χ0n) is 14.2. The number of pyridine rings is 1. The summed E-state index contributed by atoms with van der Waals surface area (Å²) >= 11 is 0. The van der Waals surface area contributed by atoms with Crippen molar-refractivity contribution in [2.45, 2.75) is 13.5 Å². The molecule has 25 heavy (non-hydrogen) atoms. The Hall–Kier alpha value is -3.15. The van der Waals surface area contributed by atoms with Crippen molar-refractivity contribution in [3.63, 3.8) is 0 Å². The van der Waals surface area contributed by atoms with Crippen LogP contribution in [0.2, 0.25) is 0 Å². The molecule has 6 nitrogen and oxygen atoms in total. The van der Waals surface area contributed by atoms with Crippen molar-refractivity contribution in [2.75, 3.05) is 18.6 Å². The van der Waals surface area contributed by atoms with Crippen LogP contribution in [-0.4, -0.2) is 29.0 Å². The Labute approximate surface area is 145 Å². The van der Waals surface area contributed by atoms with Crippen LogP contribution in [0.3, 0.4) is 0 Å². The van der Waals surface area contributed by atoms with Gasteiger partial charge in [-0.3, -0.25) is 14.0 Å². The highest BCUT2D eigenvalue weighted by Crippen LogP contribution is 2.16. The Morgan fingerprint density at radius 3 is 2.68 bits per heavy atom. The second-order valence-corrected chi connectivity index (χ2v) is 5.76. The fourth-order valence-corrected chi connectivity index (χ4v) is 2.65. The number of hydrogen-bond acceptors (Lipinski definition) is 5. The number of carbonyl (C=O) groups excluding carboxylic acids is 1. The number of hydrogen-bond donors (Lipinski definition) is 0. The number of fused-ring (bicyclic) bond motifs is 1. The highest BCUT2D eigenvalue weighted by Gasteiger charge is 2.16. The molecule has 0 spiro atoms. The van der Waals surface area contributed by atoms with E-state index in [4.69, 9.17) is 4.74 Å². The Kier molecular flexibility index (Phi) is 4.79. The Morgan fingerprint density at radius 2 is 1.96 bits per heavy atom. The predicted octanol–water partition coefficient (Wildman–Crippen LogP) is 2.18. The van der Waals surface area contributed by atoms with Gasteiger partial charge in [-0.2, -0.15) is 0 Å². The van der Waals surface area contributed by atoms with Crippen LogP contribution in [0.15, 0.2) is 59.5 Å². The van der Waals surface area contributed by atoms with E-state index < -0.39 is 0 Å². The van der Waals surface area contributed by atoms with Gasteiger partial charge in [0.2, 0.25) is 0 Å². The zero-order valence-corrected chi connectivity index (χ0v) is 14.2. The topological polar surface area (TPSA) is 63.9 Å². The maximum atomic E-state index is 12.4. The van der Waals surface area contributed by atoms with E-state index in [-0.39, 0.29) is 18.1 Å². The lowest BCUT2D eigenvalue weighted by Gasteiger charge is -2.23. The lowest BCUT2D eigenvalue weighted by atomic mass is 10.2. The predicted molar refractivity (Wildman–Crippen MR) is 95.7 cm³/mol. The van der Waals surface area contributed by atoms with Crippen LogP contribution in [0.1, 0.15) is 11.1 Å². The molecular weight excluding hydrogens is 318 g/mol. The quantitative estimate of drug-likeness (QED) is 0.668. The van der Waals surface area contributed by atoms with E-state index in [0.717, 1.165) is 11.1 Å². The summed E-state index contributed by atoms with van der Waals surface area (Å²) in [6.45, 7) is 2.36. The third-order valence-corrected chi connectivity index (χ3v) is 3.96. The third-order valence-electron chi connectivity index (χ3n) is 3.96. The molecule has 0 aliphatic carbocycles. The maximum absolute atomic E-state index is 12.4. The van der Waals surface area contributed by atoms with E-state index in [1.165, 1.54) is 17.6 Å². The maximum Gasteiger partial charge on any atom is 0.325 e. The molecule has 0 saturated heterocycles. The molecule has 6 heteroatoms. The molecule has 3 aromatic rings. The van der Waals surface area contributed by atoms with Crippen molar-refractivity contribution in [3.05, 3.63) is 76.2 Å². The van der Waals surface area contributed by atoms with Crippen molar-refractivity contribution in [1.82, 2.24) is 9.38 Å². The van der Waals surface area contributed by atoms with Gasteiger partial charge in [0.15, 0.2) is 0 Å². The summed E-state index contributed by atoms with van der Waals surface area (Å²) < 4.78 is 6.29. The molecule has 0 aliphatic heterocycles. The minimum atomic E-state index is -0.386. The fourth-order valence-electron chi connectivity index (χ4n) is 2.65. The summed E-state index contributed by atoms with van der Waals surface area (Å²) in [6.07, 6.45) is 1.68. The SMILES string of the molecule is COC(=O)CN(Cc1ccccc1)c1cc(=O)n2cccc(C)c2n1. The van der Waals surface area contributed by atoms with Gasteiger partial charge in [0.1, 0.15) is 18.0 Å². The van der Waals surface area contributed by atoms with E-state index in [2.05, 4.69) is 4.98 Å². The summed E-state index contributed by atoms with van der Waals surface area (Å²) in [6, 6.07) is 14.9. The summed E-state index contributed by atoms with van der Waals surface area (Å²) in [5, 5.41) is 0. The lowest BCUT2D eigenvalue weighted by Crippen LogP contribution is -2.32. The van der Waals surface area contributed by atoms with Gasteiger partial charge in [-0.25, -0.2) is 4.98 Å². The summed E-state index contributed by atoms with van der Waals surface area (Å²) in [5.41, 5.74) is 2.29. The molecule has 0 radical (unpaired) electrons. The van der Waals surface area contributed by atoms with Gasteiger partial charge in [0.05, 0.1) is 7.11 Å². The van der Waals surface area contributed by atoms with Gasteiger partial charge in [-0.15, -0.1) is 0 Å². The monoisotopic (exact) mass is 337 g/mol. The number of methoxy groups -OCH3 is 1. The highest BCUT2D eigenvalue weighted by atomic mass is 16.5. The van der Waals surface area contributed by atoms with Crippen molar-refractivity contribution >= 4 is 17.4 Å². The molecule has 3 rings (SSSR count). The normalized spacial score (nSPS) is 10.6. The van der Waals surface area contributed by atoms with Gasteiger partial charge in [0, 0.05) is 18.8 Å². The molecule has 0 bridgehead atoms. The van der Waals surface area contributed by atoms with E-state index >= 15 is 0 Å². The van der Waals surface area contributed by atoms with Crippen molar-refractivity contribution in [3.8, 4) is 0 Å². The summed E-state index contributed by atoms with van der Waals surface area (Å²) in [5.74, 6) is 0.0660. The third kappa shape index (κ3) is 3.68. The molecule has 0 fully saturated rings. The number of aryl methyl sites for hydroxylation is 1. The van der Waals surface area contributed by atoms with Gasteiger partial charge in [0.25, 0.3) is 5.56 Å². The van der Waals surface area contributed by atoms with Crippen LogP contribution in [-0.2, 0) is 16.1 Å². The van der Waals surface area contributed by atoms with Crippen molar-refractivity contribution < 1.29 is 9.53 Å². The molecule has 2 heterocycles. The standard InChI is InChI=1S/C19H19N3O3/c1-14-7-6-10-22-17(23)11-16(20-19(14)22)21(13-18(24)25-2)12-15-8-4-3-5-9-15/h3-11H,12-13H2,1-2H3. The van der Waals surface area contributed by atoms with Gasteiger partial charge < -0.3 is 9.64 Å². The van der Waals surface area contributed by atoms with Gasteiger partial charge in [-0.05, 0) is 24.1 Å². The molecule has 2 aromatic heterocycles. The molecule has 0 amide bonds. The first-order chi connectivity index (χ1) is 12.1. The first-order valence-corrected chi connectivity index (χ1v) is 7.93. The van der Waals surface area contributed by atoms with Crippen LogP contribution in [0.4, 0.5) is 5.82 Å². The molecule has 128 valence electrons. The number of aromatic nitrogens is 2. The molecule has 0 N–H and O–H groups in total. The minimum Gasteiger partial charge on any atom is -0.468 e. The zero-order chi connectivity index (χ0) is 17.8. The van der Waals surface area contributed by atoms with Crippen LogP contribution in [0.25, 0.3) is 5.65 Å². The smallest absolute Gasteiger partial charge is 0.325 e. The number of rotatable bonds is 5. The average Bonchev–Trinajstić information content (AvgIpc) is 2.62. The number of ether oxygens (including phenoxy) is 1. The van der Waals surface area contributed by atoms with Crippen LogP contribution in [0.5, 0.6) is 0 Å². The van der Waals surface area contributed by atoms with Crippen molar-refractivity contribution in [1.29, 1.82) is 0 Å². The van der Waals surface area contributed by atoms with E-state index in [0.29, 0.717) is 18.0 Å². The first kappa shape index (κ1) is 16.7.